The zero-order valence-corrected chi connectivity index (χ0v) is 17.2. The molecule has 0 unspecified atom stereocenters. The number of oxazole rings is 1. The van der Waals surface area contributed by atoms with E-state index in [0.29, 0.717) is 37.4 Å². The molecule has 0 atom stereocenters. The minimum Gasteiger partial charge on any atom is -0.440 e. The molecule has 150 valence electrons. The van der Waals surface area contributed by atoms with Gasteiger partial charge in [0.05, 0.1) is 15.9 Å². The number of rotatable bonds is 8. The summed E-state index contributed by atoms with van der Waals surface area (Å²) in [5, 5.41) is 4.85. The van der Waals surface area contributed by atoms with Crippen molar-refractivity contribution in [2.45, 2.75) is 26.8 Å². The molecule has 0 bridgehead atoms. The lowest BCUT2D eigenvalue weighted by atomic mass is 10.3. The fourth-order valence-electron chi connectivity index (χ4n) is 3.14. The van der Waals surface area contributed by atoms with Gasteiger partial charge < -0.3 is 13.7 Å². The van der Waals surface area contributed by atoms with Gasteiger partial charge in [0.15, 0.2) is 5.69 Å². The highest BCUT2D eigenvalue weighted by molar-refractivity contribution is 7.13. The first-order valence-electron chi connectivity index (χ1n) is 9.53. The van der Waals surface area contributed by atoms with E-state index in [9.17, 15) is 4.79 Å². The monoisotopic (exact) mass is 410 g/mol. The van der Waals surface area contributed by atoms with Gasteiger partial charge in [0, 0.05) is 19.8 Å². The van der Waals surface area contributed by atoms with Crippen molar-refractivity contribution in [3.05, 3.63) is 53.2 Å². The smallest absolute Gasteiger partial charge is 0.280 e. The second kappa shape index (κ2) is 8.59. The molecule has 0 spiro atoms. The van der Waals surface area contributed by atoms with E-state index in [1.54, 1.807) is 6.92 Å². The van der Waals surface area contributed by atoms with Crippen LogP contribution in [0.5, 0.6) is 0 Å². The number of hydrogen-bond donors (Lipinski definition) is 1. The average molecular weight is 410 g/mol. The van der Waals surface area contributed by atoms with Gasteiger partial charge in [-0.25, -0.2) is 9.97 Å². The molecule has 1 aromatic carbocycles. The van der Waals surface area contributed by atoms with Gasteiger partial charge in [-0.05, 0) is 43.8 Å². The van der Waals surface area contributed by atoms with Gasteiger partial charge in [0.25, 0.3) is 5.91 Å². The van der Waals surface area contributed by atoms with E-state index < -0.39 is 0 Å². The third kappa shape index (κ3) is 4.08. The van der Waals surface area contributed by atoms with Gasteiger partial charge in [-0.3, -0.25) is 10.1 Å². The van der Waals surface area contributed by atoms with E-state index in [2.05, 4.69) is 15.3 Å². The molecular weight excluding hydrogens is 388 g/mol. The van der Waals surface area contributed by atoms with Crippen LogP contribution in [0, 0.1) is 6.92 Å². The molecule has 7 nitrogen and oxygen atoms in total. The minimum absolute atomic E-state index is 0.265. The van der Waals surface area contributed by atoms with Crippen LogP contribution < -0.4 is 5.32 Å². The maximum atomic E-state index is 12.9. The third-order valence-electron chi connectivity index (χ3n) is 4.50. The van der Waals surface area contributed by atoms with Crippen LogP contribution in [0.1, 0.15) is 29.6 Å². The lowest BCUT2D eigenvalue weighted by Crippen LogP contribution is -2.17. The van der Waals surface area contributed by atoms with Crippen molar-refractivity contribution in [1.82, 2.24) is 14.5 Å². The normalized spacial score (nSPS) is 11.2. The maximum Gasteiger partial charge on any atom is 0.280 e. The van der Waals surface area contributed by atoms with Crippen molar-refractivity contribution in [1.29, 1.82) is 0 Å². The summed E-state index contributed by atoms with van der Waals surface area (Å²) in [6.45, 7) is 5.75. The van der Waals surface area contributed by atoms with Crippen LogP contribution in [-0.2, 0) is 11.3 Å². The summed E-state index contributed by atoms with van der Waals surface area (Å²) in [6.07, 6.45) is 0.822. The topological polar surface area (TPSA) is 82.2 Å². The number of ether oxygens (including phenoxy) is 1. The summed E-state index contributed by atoms with van der Waals surface area (Å²) in [6, 6.07) is 11.7. The van der Waals surface area contributed by atoms with Gasteiger partial charge in [0.1, 0.15) is 5.76 Å². The highest BCUT2D eigenvalue weighted by atomic mass is 32.1. The van der Waals surface area contributed by atoms with Crippen LogP contribution in [-0.4, -0.2) is 33.7 Å². The average Bonchev–Trinajstić information content (AvgIpc) is 3.44. The van der Waals surface area contributed by atoms with E-state index in [0.717, 1.165) is 22.3 Å². The van der Waals surface area contributed by atoms with E-state index in [1.807, 2.05) is 53.3 Å². The molecule has 1 amide bonds. The number of para-hydroxylation sites is 2. The van der Waals surface area contributed by atoms with Crippen LogP contribution in [0.3, 0.4) is 0 Å². The van der Waals surface area contributed by atoms with Crippen LogP contribution in [0.2, 0.25) is 0 Å². The summed E-state index contributed by atoms with van der Waals surface area (Å²) < 4.78 is 13.1. The first-order valence-corrected chi connectivity index (χ1v) is 10.4. The zero-order valence-electron chi connectivity index (χ0n) is 16.3. The maximum absolute atomic E-state index is 12.9. The van der Waals surface area contributed by atoms with Gasteiger partial charge in [-0.15, -0.1) is 11.3 Å². The van der Waals surface area contributed by atoms with Gasteiger partial charge >= 0.3 is 0 Å². The lowest BCUT2D eigenvalue weighted by molar-refractivity contribution is 0.102. The summed E-state index contributed by atoms with van der Waals surface area (Å²) in [7, 11) is 0. The number of imidazole rings is 1. The molecule has 4 aromatic rings. The Labute approximate surface area is 172 Å². The van der Waals surface area contributed by atoms with E-state index in [4.69, 9.17) is 9.15 Å². The van der Waals surface area contributed by atoms with Crippen LogP contribution in [0.15, 0.2) is 46.2 Å². The quantitative estimate of drug-likeness (QED) is 0.424. The number of anilines is 1. The van der Waals surface area contributed by atoms with Crippen LogP contribution >= 0.6 is 11.3 Å². The Bertz CT molecular complexity index is 1110. The summed E-state index contributed by atoms with van der Waals surface area (Å²) >= 11 is 1.52. The van der Waals surface area contributed by atoms with Crippen molar-refractivity contribution in [2.24, 2.45) is 0 Å². The molecular formula is C21H22N4O3S. The Morgan fingerprint density at radius 2 is 2.10 bits per heavy atom. The number of aryl methyl sites for hydroxylation is 2. The predicted octanol–water partition coefficient (Wildman–Crippen LogP) is 4.74. The Balaban J connectivity index is 1.59. The highest BCUT2D eigenvalue weighted by Crippen LogP contribution is 2.27. The molecule has 0 saturated heterocycles. The largest absolute Gasteiger partial charge is 0.440 e. The first kappa shape index (κ1) is 19.4. The van der Waals surface area contributed by atoms with Crippen molar-refractivity contribution in [3.8, 4) is 10.8 Å². The Hall–Kier alpha value is -2.97. The van der Waals surface area contributed by atoms with Crippen LogP contribution in [0.25, 0.3) is 21.8 Å². The van der Waals surface area contributed by atoms with Crippen molar-refractivity contribution < 1.29 is 13.9 Å². The Morgan fingerprint density at radius 3 is 2.90 bits per heavy atom. The van der Waals surface area contributed by atoms with E-state index in [1.165, 1.54) is 11.3 Å². The number of carbonyl (C=O) groups excluding carboxylic acids is 1. The number of aromatic nitrogens is 3. The second-order valence-electron chi connectivity index (χ2n) is 6.48. The predicted molar refractivity (Wildman–Crippen MR) is 113 cm³/mol. The number of amides is 1. The van der Waals surface area contributed by atoms with Gasteiger partial charge in [0.2, 0.25) is 11.8 Å². The molecule has 0 aliphatic carbocycles. The summed E-state index contributed by atoms with van der Waals surface area (Å²) in [5.41, 5.74) is 2.06. The minimum atomic E-state index is -0.338. The Kier molecular flexibility index (Phi) is 5.73. The number of carbonyl (C=O) groups is 1. The standard InChI is InChI=1S/C21H22N4O3S/c1-3-27-12-7-11-25-16-9-5-4-8-15(16)22-21(25)24-19(26)18-14(2)28-20(23-18)17-10-6-13-29-17/h4-6,8-10,13H,3,7,11-12H2,1-2H3,(H,22,24,26). The first-order chi connectivity index (χ1) is 14.2. The SMILES string of the molecule is CCOCCCn1c(NC(=O)c2nc(-c3cccs3)oc2C)nc2ccccc21. The zero-order chi connectivity index (χ0) is 20.2. The number of thiophene rings is 1. The lowest BCUT2D eigenvalue weighted by Gasteiger charge is -2.09. The number of hydrogen-bond acceptors (Lipinski definition) is 6. The molecule has 0 saturated carbocycles. The van der Waals surface area contributed by atoms with E-state index in [-0.39, 0.29) is 11.6 Å². The number of benzene rings is 1. The fraction of sp³-hybridized carbons (Fsp3) is 0.286. The number of nitrogens with one attached hydrogen (secondary N) is 1. The van der Waals surface area contributed by atoms with Crippen molar-refractivity contribution in [2.75, 3.05) is 18.5 Å². The van der Waals surface area contributed by atoms with Crippen molar-refractivity contribution >= 4 is 34.2 Å². The number of nitrogens with zero attached hydrogens (tertiary/aromatic N) is 3. The molecule has 4 rings (SSSR count). The highest BCUT2D eigenvalue weighted by Gasteiger charge is 2.21. The van der Waals surface area contributed by atoms with Gasteiger partial charge in [-0.1, -0.05) is 18.2 Å². The molecule has 3 heterocycles. The molecule has 0 aliphatic rings. The van der Waals surface area contributed by atoms with Gasteiger partial charge in [-0.2, -0.15) is 0 Å². The molecule has 3 aromatic heterocycles. The second-order valence-corrected chi connectivity index (χ2v) is 7.43. The van der Waals surface area contributed by atoms with Crippen LogP contribution in [0.4, 0.5) is 5.95 Å². The molecule has 1 N–H and O–H groups in total. The fourth-order valence-corrected chi connectivity index (χ4v) is 3.79. The molecule has 0 radical (unpaired) electrons. The number of fused-ring (bicyclic) bond motifs is 1. The Morgan fingerprint density at radius 1 is 1.24 bits per heavy atom. The summed E-state index contributed by atoms with van der Waals surface area (Å²) in [5.74, 6) is 1.08. The molecule has 0 aliphatic heterocycles. The van der Waals surface area contributed by atoms with Crippen molar-refractivity contribution in [3.63, 3.8) is 0 Å². The molecule has 29 heavy (non-hydrogen) atoms. The molecule has 8 heteroatoms. The third-order valence-corrected chi connectivity index (χ3v) is 5.36. The summed E-state index contributed by atoms with van der Waals surface area (Å²) in [4.78, 5) is 22.8. The molecule has 0 fully saturated rings. The van der Waals surface area contributed by atoms with E-state index >= 15 is 0 Å².